The van der Waals surface area contributed by atoms with Crippen molar-refractivity contribution in [1.82, 2.24) is 0 Å². The number of rotatable bonds is 3. The summed E-state index contributed by atoms with van der Waals surface area (Å²) in [4.78, 5) is 0. The van der Waals surface area contributed by atoms with Gasteiger partial charge in [0.25, 0.3) is 0 Å². The van der Waals surface area contributed by atoms with Gasteiger partial charge in [0.05, 0.1) is 5.66 Å². The Bertz CT molecular complexity index is 548. The molecule has 2 aromatic carbocycles. The molecule has 2 atom stereocenters. The zero-order chi connectivity index (χ0) is 14.8. The van der Waals surface area contributed by atoms with Gasteiger partial charge < -0.3 is 9.05 Å². The van der Waals surface area contributed by atoms with E-state index in [1.807, 2.05) is 49.2 Å². The molecule has 4 rings (SSSR count). The SMILES string of the molecule is [CH]1[CH][CH][C](P2OC(c3ccccc3)C(c3ccccc3)O2)[CH]1. The zero-order valence-corrected chi connectivity index (χ0v) is 12.9. The van der Waals surface area contributed by atoms with Crippen molar-refractivity contribution < 1.29 is 9.05 Å². The van der Waals surface area contributed by atoms with E-state index in [-0.39, 0.29) is 12.2 Å². The molecular weight excluding hydrogens is 291 g/mol. The molecular formula is C19H16O2P. The Morgan fingerprint density at radius 1 is 0.636 bits per heavy atom. The van der Waals surface area contributed by atoms with Crippen molar-refractivity contribution in [2.24, 2.45) is 0 Å². The van der Waals surface area contributed by atoms with Crippen molar-refractivity contribution in [2.75, 3.05) is 0 Å². The predicted molar refractivity (Wildman–Crippen MR) is 87.9 cm³/mol. The Hall–Kier alpha value is -1.21. The van der Waals surface area contributed by atoms with Crippen LogP contribution in [0.5, 0.6) is 0 Å². The predicted octanol–water partition coefficient (Wildman–Crippen LogP) is 5.19. The maximum Gasteiger partial charge on any atom is 0.180 e. The van der Waals surface area contributed by atoms with Crippen LogP contribution in [0, 0.1) is 31.3 Å². The molecule has 5 radical (unpaired) electrons. The summed E-state index contributed by atoms with van der Waals surface area (Å²) in [5.74, 6) is 0. The fourth-order valence-corrected chi connectivity index (χ4v) is 4.29. The first kappa shape index (κ1) is 14.4. The van der Waals surface area contributed by atoms with Crippen LogP contribution >= 0.6 is 8.38 Å². The van der Waals surface area contributed by atoms with Crippen molar-refractivity contribution >= 4 is 8.38 Å². The van der Waals surface area contributed by atoms with Crippen molar-refractivity contribution in [2.45, 2.75) is 12.2 Å². The first-order valence-corrected chi connectivity index (χ1v) is 8.55. The van der Waals surface area contributed by atoms with Gasteiger partial charge in [0, 0.05) is 0 Å². The second-order valence-corrected chi connectivity index (χ2v) is 6.73. The molecule has 2 fully saturated rings. The molecule has 0 spiro atoms. The molecule has 2 aromatic rings. The van der Waals surface area contributed by atoms with Crippen LogP contribution in [0.25, 0.3) is 0 Å². The third-order valence-electron chi connectivity index (χ3n) is 3.81. The molecule has 109 valence electrons. The summed E-state index contributed by atoms with van der Waals surface area (Å²) in [6.07, 6.45) is 8.06. The van der Waals surface area contributed by atoms with Gasteiger partial charge >= 0.3 is 0 Å². The molecule has 0 amide bonds. The van der Waals surface area contributed by atoms with Crippen LogP contribution in [-0.2, 0) is 9.05 Å². The van der Waals surface area contributed by atoms with Crippen molar-refractivity contribution in [3.8, 4) is 0 Å². The summed E-state index contributed by atoms with van der Waals surface area (Å²) in [5, 5.41) is 0. The highest BCUT2D eigenvalue weighted by Crippen LogP contribution is 2.67. The minimum absolute atomic E-state index is 0.0652. The number of benzene rings is 2. The van der Waals surface area contributed by atoms with Gasteiger partial charge in [-0.05, 0) is 36.8 Å². The van der Waals surface area contributed by atoms with E-state index in [2.05, 4.69) is 37.1 Å². The second-order valence-electron chi connectivity index (χ2n) is 5.27. The quantitative estimate of drug-likeness (QED) is 0.726. The lowest BCUT2D eigenvalue weighted by molar-refractivity contribution is 0.159. The smallest absolute Gasteiger partial charge is 0.180 e. The highest BCUT2D eigenvalue weighted by Gasteiger charge is 2.43. The molecule has 1 heterocycles. The van der Waals surface area contributed by atoms with E-state index in [4.69, 9.17) is 9.05 Å². The van der Waals surface area contributed by atoms with E-state index in [0.29, 0.717) is 0 Å². The molecule has 1 saturated carbocycles. The molecule has 1 aliphatic heterocycles. The van der Waals surface area contributed by atoms with Gasteiger partial charge in [-0.2, -0.15) is 0 Å². The molecule has 0 N–H and O–H groups in total. The summed E-state index contributed by atoms with van der Waals surface area (Å²) in [6.45, 7) is 0. The molecule has 0 aromatic heterocycles. The molecule has 0 bridgehead atoms. The summed E-state index contributed by atoms with van der Waals surface area (Å²) >= 11 is 0. The van der Waals surface area contributed by atoms with Crippen molar-refractivity contribution in [1.29, 1.82) is 0 Å². The molecule has 22 heavy (non-hydrogen) atoms. The van der Waals surface area contributed by atoms with E-state index < -0.39 is 8.38 Å². The lowest BCUT2D eigenvalue weighted by atomic mass is 9.99. The summed E-state index contributed by atoms with van der Waals surface area (Å²) in [7, 11) is -1.03. The lowest BCUT2D eigenvalue weighted by Crippen LogP contribution is -2.06. The number of hydrogen-bond donors (Lipinski definition) is 0. The fraction of sp³-hybridized carbons (Fsp3) is 0.105. The summed E-state index contributed by atoms with van der Waals surface area (Å²) < 4.78 is 12.6. The average molecular weight is 307 g/mol. The highest BCUT2D eigenvalue weighted by atomic mass is 31.2. The molecule has 1 saturated heterocycles. The van der Waals surface area contributed by atoms with Gasteiger partial charge in [-0.1, -0.05) is 60.7 Å². The van der Waals surface area contributed by atoms with Crippen LogP contribution in [0.2, 0.25) is 0 Å². The van der Waals surface area contributed by atoms with Crippen molar-refractivity contribution in [3.63, 3.8) is 0 Å². The Kier molecular flexibility index (Phi) is 4.25. The fourth-order valence-electron chi connectivity index (χ4n) is 2.71. The van der Waals surface area contributed by atoms with Crippen molar-refractivity contribution in [3.05, 3.63) is 103 Å². The molecule has 2 unspecified atom stereocenters. The summed E-state index contributed by atoms with van der Waals surface area (Å²) in [5.41, 5.74) is 3.45. The van der Waals surface area contributed by atoms with E-state index in [1.165, 1.54) is 0 Å². The normalized spacial score (nSPS) is 29.0. The van der Waals surface area contributed by atoms with E-state index in [1.54, 1.807) is 0 Å². The van der Waals surface area contributed by atoms with Crippen LogP contribution in [0.4, 0.5) is 0 Å². The van der Waals surface area contributed by atoms with Gasteiger partial charge in [0.1, 0.15) is 12.2 Å². The van der Waals surface area contributed by atoms with Gasteiger partial charge in [-0.25, -0.2) is 0 Å². The average Bonchev–Trinajstić information content (AvgIpc) is 3.26. The van der Waals surface area contributed by atoms with Gasteiger partial charge in [-0.3, -0.25) is 0 Å². The molecule has 2 aliphatic rings. The highest BCUT2D eigenvalue weighted by molar-refractivity contribution is 7.51. The van der Waals surface area contributed by atoms with E-state index in [9.17, 15) is 0 Å². The van der Waals surface area contributed by atoms with Crippen LogP contribution in [0.3, 0.4) is 0 Å². The minimum atomic E-state index is -1.03. The van der Waals surface area contributed by atoms with Gasteiger partial charge in [0.15, 0.2) is 8.38 Å². The Balaban J connectivity index is 1.63. The van der Waals surface area contributed by atoms with Gasteiger partial charge in [0.2, 0.25) is 0 Å². The lowest BCUT2D eigenvalue weighted by Gasteiger charge is -2.16. The van der Waals surface area contributed by atoms with Crippen LogP contribution < -0.4 is 0 Å². The Morgan fingerprint density at radius 2 is 1.09 bits per heavy atom. The van der Waals surface area contributed by atoms with Gasteiger partial charge in [-0.15, -0.1) is 0 Å². The summed E-state index contributed by atoms with van der Waals surface area (Å²) in [6, 6.07) is 20.7. The Labute approximate surface area is 133 Å². The molecule has 3 heteroatoms. The molecule has 2 nitrogen and oxygen atoms in total. The standard InChI is InChI=1S/C19H16O2P/c1-3-9-15(10-4-1)18-19(16-11-5-2-6-12-16)21-22(20-18)17-13-7-8-14-17/h1-14,18-19H. The molecule has 1 aliphatic carbocycles. The van der Waals surface area contributed by atoms with Crippen LogP contribution in [0.15, 0.2) is 60.7 Å². The third kappa shape index (κ3) is 2.84. The zero-order valence-electron chi connectivity index (χ0n) is 12.0. The Morgan fingerprint density at radius 3 is 1.55 bits per heavy atom. The maximum absolute atomic E-state index is 6.30. The third-order valence-corrected chi connectivity index (χ3v) is 5.36. The number of hydrogen-bond acceptors (Lipinski definition) is 2. The topological polar surface area (TPSA) is 18.5 Å². The first-order chi connectivity index (χ1) is 10.9. The van der Waals surface area contributed by atoms with Crippen LogP contribution in [0.1, 0.15) is 23.3 Å². The first-order valence-electron chi connectivity index (χ1n) is 7.37. The second kappa shape index (κ2) is 6.50. The maximum atomic E-state index is 6.30. The van der Waals surface area contributed by atoms with E-state index in [0.717, 1.165) is 16.8 Å². The monoisotopic (exact) mass is 307 g/mol. The van der Waals surface area contributed by atoms with E-state index >= 15 is 0 Å². The minimum Gasteiger partial charge on any atom is -0.322 e. The largest absolute Gasteiger partial charge is 0.322 e. The van der Waals surface area contributed by atoms with Crippen LogP contribution in [-0.4, -0.2) is 0 Å².